The van der Waals surface area contributed by atoms with Crippen LogP contribution in [-0.4, -0.2) is 27.1 Å². The second-order valence-corrected chi connectivity index (χ2v) is 12.2. The minimum atomic E-state index is -4.48. The molecule has 4 rings (SSSR count). The van der Waals surface area contributed by atoms with E-state index < -0.39 is 35.6 Å². The molecule has 1 aromatic heterocycles. The highest BCUT2D eigenvalue weighted by atomic mass is 19.4. The number of carbonyl (C=O) groups is 2. The molecular formula is C35H44F3N3O4. The van der Waals surface area contributed by atoms with Gasteiger partial charge >= 0.3 is 18.1 Å². The van der Waals surface area contributed by atoms with Gasteiger partial charge in [0, 0.05) is 17.9 Å². The number of aryl methyl sites for hydroxylation is 1. The maximum atomic E-state index is 13.3. The number of rotatable bonds is 16. The lowest BCUT2D eigenvalue weighted by atomic mass is 9.76. The fraction of sp³-hybridized carbons (Fsp3) is 0.543. The Morgan fingerprint density at radius 2 is 1.47 bits per heavy atom. The van der Waals surface area contributed by atoms with Crippen molar-refractivity contribution in [2.75, 3.05) is 0 Å². The molecule has 1 amide bonds. The molecule has 0 radical (unpaired) electrons. The van der Waals surface area contributed by atoms with Crippen molar-refractivity contribution < 1.29 is 32.4 Å². The minimum Gasteiger partial charge on any atom is -0.474 e. The molecular weight excluding hydrogens is 583 g/mol. The number of aromatic nitrogens is 2. The number of nitrogens with zero attached hydrogens (tertiary/aromatic N) is 2. The topological polar surface area (TPSA) is 105 Å². The molecule has 1 saturated carbocycles. The first-order valence-electron chi connectivity index (χ1n) is 16.3. The van der Waals surface area contributed by atoms with Crippen LogP contribution in [0.1, 0.15) is 125 Å². The zero-order chi connectivity index (χ0) is 32.2. The Bertz CT molecular complexity index is 1350. The fourth-order valence-corrected chi connectivity index (χ4v) is 6.43. The molecule has 2 aromatic carbocycles. The molecule has 1 aliphatic rings. The minimum absolute atomic E-state index is 0.0556. The van der Waals surface area contributed by atoms with Gasteiger partial charge in [0.25, 0.3) is 5.89 Å². The van der Waals surface area contributed by atoms with Gasteiger partial charge in [0.1, 0.15) is 0 Å². The van der Waals surface area contributed by atoms with Crippen LogP contribution >= 0.6 is 0 Å². The monoisotopic (exact) mass is 627 g/mol. The van der Waals surface area contributed by atoms with Crippen molar-refractivity contribution in [1.82, 2.24) is 15.5 Å². The zero-order valence-electron chi connectivity index (χ0n) is 26.0. The van der Waals surface area contributed by atoms with Gasteiger partial charge in [-0.1, -0.05) is 101 Å². The summed E-state index contributed by atoms with van der Waals surface area (Å²) in [5.41, 5.74) is 1.18. The average Bonchev–Trinajstić information content (AvgIpc) is 3.73. The Labute approximate surface area is 263 Å². The molecule has 0 bridgehead atoms. The van der Waals surface area contributed by atoms with Crippen molar-refractivity contribution in [3.63, 3.8) is 0 Å². The largest absolute Gasteiger partial charge is 0.474 e. The van der Waals surface area contributed by atoms with Crippen LogP contribution in [0, 0.1) is 5.92 Å². The standard InChI is InChI=1S/C35H44F3N3O4/c1-2-3-4-5-6-7-8-9-10-15-29-39-33(45-41-29)27-18-16-26(17-19-27)31(40-32(42)34(43)44)30(24-13-11-12-14-24)25-20-22-28(23-21-25)35(36,37)38/h16-24,30-31H,2-15H2,1H3,(H,40,42)(H,43,44). The van der Waals surface area contributed by atoms with Gasteiger partial charge in [-0.15, -0.1) is 0 Å². The molecule has 7 nitrogen and oxygen atoms in total. The molecule has 1 aliphatic carbocycles. The van der Waals surface area contributed by atoms with E-state index in [0.29, 0.717) is 28.4 Å². The molecule has 0 aliphatic heterocycles. The van der Waals surface area contributed by atoms with Crippen LogP contribution < -0.4 is 5.32 Å². The van der Waals surface area contributed by atoms with Crippen molar-refractivity contribution in [2.24, 2.45) is 5.92 Å². The number of carbonyl (C=O) groups excluding carboxylic acids is 1. The van der Waals surface area contributed by atoms with E-state index in [1.807, 2.05) is 0 Å². The summed E-state index contributed by atoms with van der Waals surface area (Å²) in [5, 5.41) is 16.2. The van der Waals surface area contributed by atoms with E-state index in [1.54, 1.807) is 24.3 Å². The van der Waals surface area contributed by atoms with Gasteiger partial charge in [-0.2, -0.15) is 18.2 Å². The number of hydrogen-bond acceptors (Lipinski definition) is 5. The third kappa shape index (κ3) is 9.90. The molecule has 10 heteroatoms. The Balaban J connectivity index is 1.47. The number of carboxylic acids is 1. The highest BCUT2D eigenvalue weighted by molar-refractivity contribution is 6.31. The number of unbranched alkanes of at least 4 members (excludes halogenated alkanes) is 8. The lowest BCUT2D eigenvalue weighted by Gasteiger charge is -2.33. The van der Waals surface area contributed by atoms with Gasteiger partial charge in [0.2, 0.25) is 0 Å². The Kier molecular flexibility index (Phi) is 12.6. The normalized spacial score (nSPS) is 15.2. The summed E-state index contributed by atoms with van der Waals surface area (Å²) in [6, 6.07) is 11.3. The molecule has 1 fully saturated rings. The number of alkyl halides is 3. The van der Waals surface area contributed by atoms with Gasteiger partial charge in [-0.05, 0) is 60.6 Å². The first-order valence-corrected chi connectivity index (χ1v) is 16.3. The number of amides is 1. The van der Waals surface area contributed by atoms with Crippen molar-refractivity contribution in [3.8, 4) is 11.5 Å². The molecule has 0 saturated heterocycles. The van der Waals surface area contributed by atoms with Crippen LogP contribution in [0.25, 0.3) is 11.5 Å². The van der Waals surface area contributed by atoms with Crippen LogP contribution in [0.2, 0.25) is 0 Å². The Hall–Kier alpha value is -3.69. The van der Waals surface area contributed by atoms with E-state index in [4.69, 9.17) is 4.52 Å². The molecule has 2 unspecified atom stereocenters. The summed E-state index contributed by atoms with van der Waals surface area (Å²) in [5.74, 6) is -2.15. The van der Waals surface area contributed by atoms with Crippen LogP contribution in [-0.2, 0) is 22.2 Å². The third-order valence-electron chi connectivity index (χ3n) is 8.86. The van der Waals surface area contributed by atoms with Gasteiger partial charge in [-0.3, -0.25) is 4.79 Å². The summed E-state index contributed by atoms with van der Waals surface area (Å²) >= 11 is 0. The van der Waals surface area contributed by atoms with E-state index in [9.17, 15) is 27.9 Å². The van der Waals surface area contributed by atoms with Crippen molar-refractivity contribution in [3.05, 3.63) is 71.0 Å². The van der Waals surface area contributed by atoms with Crippen LogP contribution in [0.15, 0.2) is 53.1 Å². The van der Waals surface area contributed by atoms with Gasteiger partial charge < -0.3 is 14.9 Å². The summed E-state index contributed by atoms with van der Waals surface area (Å²) in [6.07, 6.45) is 10.9. The van der Waals surface area contributed by atoms with E-state index in [0.717, 1.165) is 57.1 Å². The van der Waals surface area contributed by atoms with E-state index >= 15 is 0 Å². The molecule has 2 atom stereocenters. The van der Waals surface area contributed by atoms with E-state index in [2.05, 4.69) is 22.4 Å². The van der Waals surface area contributed by atoms with Crippen molar-refractivity contribution in [2.45, 2.75) is 115 Å². The number of nitrogens with one attached hydrogen (secondary N) is 1. The molecule has 1 heterocycles. The summed E-state index contributed by atoms with van der Waals surface area (Å²) < 4.78 is 45.4. The number of halogens is 3. The SMILES string of the molecule is CCCCCCCCCCCc1noc(-c2ccc(C(NC(=O)C(=O)O)C(c3ccc(C(F)(F)F)cc3)C3CCCC3)cc2)n1. The molecule has 45 heavy (non-hydrogen) atoms. The maximum Gasteiger partial charge on any atom is 0.416 e. The molecule has 2 N–H and O–H groups in total. The van der Waals surface area contributed by atoms with Gasteiger partial charge in [0.05, 0.1) is 11.6 Å². The maximum absolute atomic E-state index is 13.3. The molecule has 244 valence electrons. The highest BCUT2D eigenvalue weighted by Crippen LogP contribution is 2.45. The quantitative estimate of drug-likeness (QED) is 0.121. The van der Waals surface area contributed by atoms with Crippen LogP contribution in [0.5, 0.6) is 0 Å². The lowest BCUT2D eigenvalue weighted by Crippen LogP contribution is -2.38. The number of carboxylic acid groups (broad SMARTS) is 1. The molecule has 3 aromatic rings. The number of aliphatic carboxylic acids is 1. The lowest BCUT2D eigenvalue weighted by molar-refractivity contribution is -0.150. The van der Waals surface area contributed by atoms with E-state index in [1.165, 1.54) is 57.1 Å². The first kappa shape index (κ1) is 34.2. The highest BCUT2D eigenvalue weighted by Gasteiger charge is 2.37. The van der Waals surface area contributed by atoms with Crippen molar-refractivity contribution in [1.29, 1.82) is 0 Å². The summed E-state index contributed by atoms with van der Waals surface area (Å²) in [6.45, 7) is 2.22. The van der Waals surface area contributed by atoms with Crippen LogP contribution in [0.4, 0.5) is 13.2 Å². The fourth-order valence-electron chi connectivity index (χ4n) is 6.43. The second-order valence-electron chi connectivity index (χ2n) is 12.2. The predicted octanol–water partition coefficient (Wildman–Crippen LogP) is 9.04. The zero-order valence-corrected chi connectivity index (χ0v) is 26.0. The Morgan fingerprint density at radius 1 is 0.889 bits per heavy atom. The Morgan fingerprint density at radius 3 is 2.04 bits per heavy atom. The third-order valence-corrected chi connectivity index (χ3v) is 8.86. The summed E-state index contributed by atoms with van der Waals surface area (Å²) in [7, 11) is 0. The average molecular weight is 628 g/mol. The van der Waals surface area contributed by atoms with Gasteiger partial charge in [0.15, 0.2) is 5.82 Å². The smallest absolute Gasteiger partial charge is 0.416 e. The van der Waals surface area contributed by atoms with Gasteiger partial charge in [-0.25, -0.2) is 4.79 Å². The first-order chi connectivity index (χ1) is 21.7. The molecule has 0 spiro atoms. The predicted molar refractivity (Wildman–Crippen MR) is 165 cm³/mol. The van der Waals surface area contributed by atoms with Crippen molar-refractivity contribution >= 4 is 11.9 Å². The van der Waals surface area contributed by atoms with Crippen LogP contribution in [0.3, 0.4) is 0 Å². The summed E-state index contributed by atoms with van der Waals surface area (Å²) in [4.78, 5) is 28.6. The number of benzene rings is 2. The number of hydrogen-bond donors (Lipinski definition) is 2. The van der Waals surface area contributed by atoms with E-state index in [-0.39, 0.29) is 5.92 Å². The second kappa shape index (κ2) is 16.6.